The Morgan fingerprint density at radius 1 is 1.32 bits per heavy atom. The summed E-state index contributed by atoms with van der Waals surface area (Å²) in [6.07, 6.45) is 1.73. The Morgan fingerprint density at radius 3 is 2.48 bits per heavy atom. The number of piperidine rings is 1. The zero-order chi connectivity index (χ0) is 19.0. The summed E-state index contributed by atoms with van der Waals surface area (Å²) in [6.45, 7) is 10.2. The van der Waals surface area contributed by atoms with Gasteiger partial charge in [0, 0.05) is 32.0 Å². The molecule has 0 aromatic rings. The van der Waals surface area contributed by atoms with E-state index in [4.69, 9.17) is 0 Å². The highest BCUT2D eigenvalue weighted by Crippen LogP contribution is 2.37. The summed E-state index contributed by atoms with van der Waals surface area (Å²) in [6, 6.07) is -0.562. The number of likely N-dealkylation sites (tertiary alicyclic amines) is 1. The molecule has 2 heterocycles. The Labute approximate surface area is 149 Å². The minimum Gasteiger partial charge on any atom is -0.344 e. The van der Waals surface area contributed by atoms with Gasteiger partial charge in [0.15, 0.2) is 0 Å². The van der Waals surface area contributed by atoms with Crippen molar-refractivity contribution in [2.45, 2.75) is 59.9 Å². The number of nitrogens with zero attached hydrogens (tertiary/aromatic N) is 3. The van der Waals surface area contributed by atoms with Crippen LogP contribution in [0.3, 0.4) is 0 Å². The molecule has 0 radical (unpaired) electrons. The maximum Gasteiger partial charge on any atom is 0.256 e. The first-order chi connectivity index (χ1) is 11.6. The Bertz CT molecular complexity index is 608. The molecule has 1 saturated heterocycles. The highest BCUT2D eigenvalue weighted by atomic mass is 16.2. The van der Waals surface area contributed by atoms with Crippen LogP contribution >= 0.6 is 0 Å². The Morgan fingerprint density at radius 2 is 1.96 bits per heavy atom. The van der Waals surface area contributed by atoms with Gasteiger partial charge in [0.05, 0.1) is 5.71 Å². The molecule has 140 valence electrons. The molecule has 1 fully saturated rings. The van der Waals surface area contributed by atoms with Crippen LogP contribution < -0.4 is 5.32 Å². The van der Waals surface area contributed by atoms with Gasteiger partial charge in [0.2, 0.25) is 11.8 Å². The van der Waals surface area contributed by atoms with Crippen LogP contribution in [0.4, 0.5) is 0 Å². The fourth-order valence-corrected chi connectivity index (χ4v) is 3.44. The van der Waals surface area contributed by atoms with Gasteiger partial charge in [0.1, 0.15) is 11.5 Å². The van der Waals surface area contributed by atoms with Crippen molar-refractivity contribution in [3.63, 3.8) is 0 Å². The van der Waals surface area contributed by atoms with E-state index in [1.54, 1.807) is 11.9 Å². The molecule has 25 heavy (non-hydrogen) atoms. The summed E-state index contributed by atoms with van der Waals surface area (Å²) in [5, 5.41) is 8.62. The van der Waals surface area contributed by atoms with E-state index in [0.717, 1.165) is 5.71 Å². The minimum absolute atomic E-state index is 0.0470. The van der Waals surface area contributed by atoms with Crippen molar-refractivity contribution in [1.29, 1.82) is 0 Å². The number of carbonyl (C=O) groups is 3. The van der Waals surface area contributed by atoms with Crippen LogP contribution in [-0.4, -0.2) is 59.5 Å². The lowest BCUT2D eigenvalue weighted by Crippen LogP contribution is -2.58. The van der Waals surface area contributed by atoms with Crippen LogP contribution in [0.25, 0.3) is 0 Å². The molecule has 2 atom stereocenters. The number of fused-ring (bicyclic) bond motifs is 1. The third-order valence-electron chi connectivity index (χ3n) is 5.21. The smallest absolute Gasteiger partial charge is 0.256 e. The van der Waals surface area contributed by atoms with E-state index in [0.29, 0.717) is 32.4 Å². The monoisotopic (exact) mass is 350 g/mol. The normalized spacial score (nSPS) is 24.7. The van der Waals surface area contributed by atoms with Crippen LogP contribution in [0.5, 0.6) is 0 Å². The Kier molecular flexibility index (Phi) is 5.25. The van der Waals surface area contributed by atoms with Gasteiger partial charge in [-0.05, 0) is 12.8 Å². The molecule has 0 bridgehead atoms. The zero-order valence-corrected chi connectivity index (χ0v) is 16.2. The SMILES string of the molecule is CCC(NC(=O)C(C)(C)C)C(=O)N1CCC2=NN(C)C(=O)C2(CC)C1. The summed E-state index contributed by atoms with van der Waals surface area (Å²) in [5.74, 6) is -0.308. The quantitative estimate of drug-likeness (QED) is 0.832. The van der Waals surface area contributed by atoms with Crippen molar-refractivity contribution in [1.82, 2.24) is 15.2 Å². The zero-order valence-electron chi connectivity index (χ0n) is 16.2. The molecule has 2 rings (SSSR count). The summed E-state index contributed by atoms with van der Waals surface area (Å²) in [5.41, 5.74) is -0.377. The van der Waals surface area contributed by atoms with Crippen molar-refractivity contribution in [2.24, 2.45) is 15.9 Å². The number of rotatable bonds is 4. The second kappa shape index (κ2) is 6.77. The predicted molar refractivity (Wildman–Crippen MR) is 95.8 cm³/mol. The summed E-state index contributed by atoms with van der Waals surface area (Å²) < 4.78 is 0. The van der Waals surface area contributed by atoms with E-state index in [9.17, 15) is 14.4 Å². The topological polar surface area (TPSA) is 82.1 Å². The average molecular weight is 350 g/mol. The van der Waals surface area contributed by atoms with Gasteiger partial charge < -0.3 is 10.2 Å². The van der Waals surface area contributed by atoms with Gasteiger partial charge in [0.25, 0.3) is 5.91 Å². The van der Waals surface area contributed by atoms with Crippen LogP contribution in [0.15, 0.2) is 5.10 Å². The molecular weight excluding hydrogens is 320 g/mol. The molecule has 0 aromatic heterocycles. The van der Waals surface area contributed by atoms with Gasteiger partial charge in [-0.15, -0.1) is 0 Å². The number of carbonyl (C=O) groups excluding carboxylic acids is 3. The van der Waals surface area contributed by atoms with Crippen molar-refractivity contribution in [3.8, 4) is 0 Å². The number of hydrogen-bond acceptors (Lipinski definition) is 4. The maximum atomic E-state index is 13.0. The number of hydrogen-bond donors (Lipinski definition) is 1. The van der Waals surface area contributed by atoms with Crippen molar-refractivity contribution in [3.05, 3.63) is 0 Å². The molecule has 2 aliphatic heterocycles. The lowest BCUT2D eigenvalue weighted by atomic mass is 9.75. The van der Waals surface area contributed by atoms with Gasteiger partial charge in [-0.1, -0.05) is 34.6 Å². The first kappa shape index (κ1) is 19.4. The molecule has 2 unspecified atom stereocenters. The van der Waals surface area contributed by atoms with Crippen LogP contribution in [0, 0.1) is 10.8 Å². The molecular formula is C18H30N4O3. The average Bonchev–Trinajstić information content (AvgIpc) is 2.82. The lowest BCUT2D eigenvalue weighted by Gasteiger charge is -2.40. The van der Waals surface area contributed by atoms with Crippen LogP contribution in [0.2, 0.25) is 0 Å². The molecule has 0 spiro atoms. The Hall–Kier alpha value is -1.92. The van der Waals surface area contributed by atoms with Gasteiger partial charge >= 0.3 is 0 Å². The molecule has 7 nitrogen and oxygen atoms in total. The summed E-state index contributed by atoms with van der Waals surface area (Å²) >= 11 is 0. The fourth-order valence-electron chi connectivity index (χ4n) is 3.44. The van der Waals surface area contributed by atoms with Crippen molar-refractivity contribution in [2.75, 3.05) is 20.1 Å². The molecule has 3 amide bonds. The van der Waals surface area contributed by atoms with E-state index >= 15 is 0 Å². The standard InChI is InChI=1S/C18H30N4O3/c1-7-12(19-15(24)17(3,4)5)14(23)22-10-9-13-18(8-2,11-22)16(25)21(6)20-13/h12H,7-11H2,1-6H3,(H,19,24). The second-order valence-corrected chi connectivity index (χ2v) is 8.01. The molecule has 0 saturated carbocycles. The third-order valence-corrected chi connectivity index (χ3v) is 5.21. The molecule has 0 aliphatic carbocycles. The maximum absolute atomic E-state index is 13.0. The second-order valence-electron chi connectivity index (χ2n) is 8.01. The lowest BCUT2D eigenvalue weighted by molar-refractivity contribution is -0.143. The minimum atomic E-state index is -0.699. The van der Waals surface area contributed by atoms with E-state index < -0.39 is 16.9 Å². The van der Waals surface area contributed by atoms with E-state index in [2.05, 4.69) is 10.4 Å². The summed E-state index contributed by atoms with van der Waals surface area (Å²) in [7, 11) is 1.66. The van der Waals surface area contributed by atoms with Gasteiger partial charge in [-0.25, -0.2) is 5.01 Å². The highest BCUT2D eigenvalue weighted by molar-refractivity contribution is 6.13. The van der Waals surface area contributed by atoms with E-state index in [1.807, 2.05) is 34.6 Å². The highest BCUT2D eigenvalue weighted by Gasteiger charge is 2.52. The number of nitrogens with one attached hydrogen (secondary N) is 1. The van der Waals surface area contributed by atoms with E-state index in [-0.39, 0.29) is 17.7 Å². The number of amides is 3. The third kappa shape index (κ3) is 3.41. The largest absolute Gasteiger partial charge is 0.344 e. The van der Waals surface area contributed by atoms with Gasteiger partial charge in [-0.3, -0.25) is 14.4 Å². The first-order valence-corrected chi connectivity index (χ1v) is 9.02. The van der Waals surface area contributed by atoms with Gasteiger partial charge in [-0.2, -0.15) is 5.10 Å². The molecule has 7 heteroatoms. The predicted octanol–water partition coefficient (Wildman–Crippen LogP) is 1.38. The number of hydrazone groups is 1. The first-order valence-electron chi connectivity index (χ1n) is 9.02. The van der Waals surface area contributed by atoms with Crippen LogP contribution in [0.1, 0.15) is 53.9 Å². The summed E-state index contributed by atoms with van der Waals surface area (Å²) in [4.78, 5) is 39.6. The Balaban J connectivity index is 2.16. The fraction of sp³-hybridized carbons (Fsp3) is 0.778. The van der Waals surface area contributed by atoms with Crippen molar-refractivity contribution < 1.29 is 14.4 Å². The molecule has 0 aromatic carbocycles. The molecule has 1 N–H and O–H groups in total. The van der Waals surface area contributed by atoms with E-state index in [1.165, 1.54) is 5.01 Å². The van der Waals surface area contributed by atoms with Crippen LogP contribution in [-0.2, 0) is 14.4 Å². The van der Waals surface area contributed by atoms with Crippen molar-refractivity contribution >= 4 is 23.4 Å². The molecule has 2 aliphatic rings.